The molecule has 0 aromatic heterocycles. The number of hydrogen-bond acceptors (Lipinski definition) is 6. The zero-order valence-electron chi connectivity index (χ0n) is 14.8. The van der Waals surface area contributed by atoms with Crippen molar-refractivity contribution in [3.8, 4) is 0 Å². The summed E-state index contributed by atoms with van der Waals surface area (Å²) in [6, 6.07) is 0. The molecule has 0 aromatic rings. The third-order valence-electron chi connectivity index (χ3n) is 2.30. The van der Waals surface area contributed by atoms with Crippen LogP contribution in [0.5, 0.6) is 0 Å². The van der Waals surface area contributed by atoms with E-state index in [1.165, 1.54) is 7.11 Å². The largest absolute Gasteiger partial charge is 0.520 e. The van der Waals surface area contributed by atoms with Gasteiger partial charge in [-0.15, -0.1) is 0 Å². The number of nitrogens with zero attached hydrogens (tertiary/aromatic N) is 1. The van der Waals surface area contributed by atoms with Gasteiger partial charge >= 0.3 is 0 Å². The molecule has 0 saturated heterocycles. The fourth-order valence-corrected chi connectivity index (χ4v) is 3.19. The van der Waals surface area contributed by atoms with Crippen molar-refractivity contribution in [3.63, 3.8) is 0 Å². The van der Waals surface area contributed by atoms with Crippen LogP contribution in [0, 0.1) is 0 Å². The molecule has 0 unspecified atom stereocenters. The van der Waals surface area contributed by atoms with Gasteiger partial charge in [0, 0.05) is 12.8 Å². The van der Waals surface area contributed by atoms with Crippen LogP contribution in [0.2, 0.25) is 39.3 Å². The van der Waals surface area contributed by atoms with Crippen molar-refractivity contribution in [2.45, 2.75) is 65.0 Å². The van der Waals surface area contributed by atoms with E-state index >= 15 is 0 Å². The minimum Gasteiger partial charge on any atom is -0.520 e. The second-order valence-corrected chi connectivity index (χ2v) is 15.9. The van der Waals surface area contributed by atoms with Gasteiger partial charge in [0.2, 0.25) is 16.6 Å². The lowest BCUT2D eigenvalue weighted by Gasteiger charge is -2.18. The van der Waals surface area contributed by atoms with Gasteiger partial charge in [-0.1, -0.05) is 5.16 Å². The van der Waals surface area contributed by atoms with Crippen LogP contribution in [0.3, 0.4) is 0 Å². The second-order valence-electron chi connectivity index (χ2n) is 7.01. The maximum Gasteiger partial charge on any atom is 0.292 e. The summed E-state index contributed by atoms with van der Waals surface area (Å²) in [6.07, 6.45) is 1.35. The van der Waals surface area contributed by atoms with Gasteiger partial charge in [-0.2, -0.15) is 0 Å². The first-order valence-corrected chi connectivity index (χ1v) is 14.3. The first-order chi connectivity index (χ1) is 9.93. The van der Waals surface area contributed by atoms with Crippen LogP contribution < -0.4 is 0 Å². The highest BCUT2D eigenvalue weighted by Crippen LogP contribution is 2.10. The molecule has 8 heteroatoms. The van der Waals surface area contributed by atoms with E-state index in [4.69, 9.17) is 13.7 Å². The van der Waals surface area contributed by atoms with Crippen LogP contribution in [0.1, 0.15) is 25.7 Å². The Hall–Kier alpha value is -1.16. The average molecular weight is 348 g/mol. The van der Waals surface area contributed by atoms with Gasteiger partial charge in [-0.25, -0.2) is 0 Å². The van der Waals surface area contributed by atoms with Crippen LogP contribution in [0.25, 0.3) is 0 Å². The van der Waals surface area contributed by atoms with Crippen molar-refractivity contribution in [1.29, 1.82) is 0 Å². The van der Waals surface area contributed by atoms with E-state index < -0.39 is 16.6 Å². The van der Waals surface area contributed by atoms with Gasteiger partial charge < -0.3 is 13.7 Å². The summed E-state index contributed by atoms with van der Waals surface area (Å²) in [7, 11) is -2.28. The van der Waals surface area contributed by atoms with Gasteiger partial charge in [0.15, 0.2) is 0 Å². The minimum absolute atomic E-state index is 0.229. The third-order valence-corrected chi connectivity index (χ3v) is 3.98. The molecule has 0 radical (unpaired) electrons. The number of hydrogen-bond donors (Lipinski definition) is 0. The van der Waals surface area contributed by atoms with Gasteiger partial charge in [0.1, 0.15) is 7.11 Å². The van der Waals surface area contributed by atoms with E-state index in [0.29, 0.717) is 18.6 Å². The van der Waals surface area contributed by atoms with E-state index in [-0.39, 0.29) is 24.8 Å². The first-order valence-electron chi connectivity index (χ1n) is 7.45. The van der Waals surface area contributed by atoms with E-state index in [2.05, 4.69) is 5.16 Å². The molecule has 0 fully saturated rings. The number of carbonyl (C=O) groups excluding carboxylic acids is 2. The minimum atomic E-state index is -1.86. The topological polar surface area (TPSA) is 74.2 Å². The summed E-state index contributed by atoms with van der Waals surface area (Å²) in [5.41, 5.74) is 0.669. The highest BCUT2D eigenvalue weighted by atomic mass is 28.4. The van der Waals surface area contributed by atoms with Crippen LogP contribution in [-0.4, -0.2) is 41.4 Å². The predicted molar refractivity (Wildman–Crippen MR) is 91.8 cm³/mol. The lowest BCUT2D eigenvalue weighted by Crippen LogP contribution is -2.30. The van der Waals surface area contributed by atoms with Crippen LogP contribution >= 0.6 is 0 Å². The zero-order chi connectivity index (χ0) is 17.4. The molecule has 0 N–H and O–H groups in total. The van der Waals surface area contributed by atoms with Crippen molar-refractivity contribution < 1.29 is 23.3 Å². The maximum atomic E-state index is 11.7. The lowest BCUT2D eigenvalue weighted by molar-refractivity contribution is -0.135. The molecule has 0 saturated carbocycles. The molecule has 128 valence electrons. The maximum absolute atomic E-state index is 11.7. The molecule has 0 spiro atoms. The van der Waals surface area contributed by atoms with E-state index in [0.717, 1.165) is 0 Å². The summed E-state index contributed by atoms with van der Waals surface area (Å²) in [4.78, 5) is 28.2. The van der Waals surface area contributed by atoms with E-state index in [1.54, 1.807) is 0 Å². The van der Waals surface area contributed by atoms with E-state index in [9.17, 15) is 9.59 Å². The second kappa shape index (κ2) is 9.09. The highest BCUT2D eigenvalue weighted by molar-refractivity contribution is 6.71. The quantitative estimate of drug-likeness (QED) is 0.363. The Labute approximate surface area is 135 Å². The van der Waals surface area contributed by atoms with Gasteiger partial charge in [-0.3, -0.25) is 9.59 Å². The van der Waals surface area contributed by atoms with Gasteiger partial charge in [-0.05, 0) is 52.1 Å². The molecule has 0 aliphatic heterocycles. The van der Waals surface area contributed by atoms with E-state index in [1.807, 2.05) is 39.3 Å². The van der Waals surface area contributed by atoms with Crippen LogP contribution in [-0.2, 0) is 23.3 Å². The van der Waals surface area contributed by atoms with Crippen molar-refractivity contribution in [2.75, 3.05) is 7.11 Å². The number of oxime groups is 1. The molecule has 0 atom stereocenters. The summed E-state index contributed by atoms with van der Waals surface area (Å²) < 4.78 is 10.8. The van der Waals surface area contributed by atoms with Crippen molar-refractivity contribution in [2.24, 2.45) is 5.16 Å². The molecule has 6 nitrogen and oxygen atoms in total. The smallest absolute Gasteiger partial charge is 0.292 e. The molecule has 0 aliphatic carbocycles. The summed E-state index contributed by atoms with van der Waals surface area (Å²) >= 11 is 0. The Morgan fingerprint density at radius 2 is 1.14 bits per heavy atom. The van der Waals surface area contributed by atoms with Crippen molar-refractivity contribution in [3.05, 3.63) is 0 Å². The molecular formula is C14H29NO5Si2. The summed E-state index contributed by atoms with van der Waals surface area (Å²) in [5, 5.41) is 3.88. The molecule has 0 rings (SSSR count). The SMILES string of the molecule is CON=C(CCC(=O)O[Si](C)(C)C)CCC(=O)O[Si](C)(C)C. The van der Waals surface area contributed by atoms with Crippen molar-refractivity contribution in [1.82, 2.24) is 0 Å². The Balaban J connectivity index is 4.31. The first kappa shape index (κ1) is 20.8. The number of carbonyl (C=O) groups is 2. The molecule has 0 bridgehead atoms. The van der Waals surface area contributed by atoms with Crippen LogP contribution in [0.4, 0.5) is 0 Å². The number of rotatable bonds is 9. The zero-order valence-corrected chi connectivity index (χ0v) is 16.8. The normalized spacial score (nSPS) is 11.6. The summed E-state index contributed by atoms with van der Waals surface area (Å²) in [5.74, 6) is -0.458. The Kier molecular flexibility index (Phi) is 8.61. The molecular weight excluding hydrogens is 318 g/mol. The monoisotopic (exact) mass is 347 g/mol. The van der Waals surface area contributed by atoms with Gasteiger partial charge in [0.25, 0.3) is 11.9 Å². The summed E-state index contributed by atoms with van der Waals surface area (Å²) in [6.45, 7) is 11.8. The average Bonchev–Trinajstić information content (AvgIpc) is 2.28. The third kappa shape index (κ3) is 12.6. The Bertz CT molecular complexity index is 376. The molecule has 0 amide bonds. The molecule has 0 aromatic carbocycles. The lowest BCUT2D eigenvalue weighted by atomic mass is 10.1. The molecule has 22 heavy (non-hydrogen) atoms. The standard InChI is InChI=1S/C14H29NO5Si2/c1-18-15-12(8-10-13(16)19-21(2,3)4)9-11-14(17)20-22(5,6)7/h8-11H2,1-7H3. The molecule has 0 heterocycles. The van der Waals surface area contributed by atoms with Crippen molar-refractivity contribution >= 4 is 34.3 Å². The fourth-order valence-electron chi connectivity index (χ4n) is 1.62. The Morgan fingerprint density at radius 1 is 0.773 bits per heavy atom. The van der Waals surface area contributed by atoms with Crippen LogP contribution in [0.15, 0.2) is 5.16 Å². The predicted octanol–water partition coefficient (Wildman–Crippen LogP) is 3.31. The molecule has 0 aliphatic rings. The highest BCUT2D eigenvalue weighted by Gasteiger charge is 2.22. The Morgan fingerprint density at radius 3 is 1.41 bits per heavy atom. The fraction of sp³-hybridized carbons (Fsp3) is 0.786. The van der Waals surface area contributed by atoms with Gasteiger partial charge in [0.05, 0.1) is 5.71 Å².